The molecule has 2 amide bonds. The van der Waals surface area contributed by atoms with Gasteiger partial charge in [0.15, 0.2) is 0 Å². The Morgan fingerprint density at radius 3 is 2.45 bits per heavy atom. The van der Waals surface area contributed by atoms with Gasteiger partial charge in [0.25, 0.3) is 10.0 Å². The van der Waals surface area contributed by atoms with Crippen LogP contribution in [0.25, 0.3) is 0 Å². The largest absolute Gasteiger partial charge is 0.333 e. The highest BCUT2D eigenvalue weighted by Crippen LogP contribution is 2.10. The highest BCUT2D eigenvalue weighted by Gasteiger charge is 2.17. The fourth-order valence-corrected chi connectivity index (χ4v) is 2.43. The van der Waals surface area contributed by atoms with E-state index in [1.165, 1.54) is 18.2 Å². The summed E-state index contributed by atoms with van der Waals surface area (Å²) in [5.74, 6) is 0. The zero-order chi connectivity index (χ0) is 14.6. The smallest absolute Gasteiger partial charge is 0.307 e. The standard InChI is InChI=1S/C14H13N2O3S/c1-11-7-9-13(10-8-11)20(18,19)16-14(17)15-12-5-3-2-4-6-12/h2-3,5-10H,1H3,(H2,15,16,17). The molecule has 20 heavy (non-hydrogen) atoms. The summed E-state index contributed by atoms with van der Waals surface area (Å²) in [4.78, 5) is 11.7. The molecule has 2 aromatic carbocycles. The summed E-state index contributed by atoms with van der Waals surface area (Å²) < 4.78 is 25.9. The lowest BCUT2D eigenvalue weighted by Crippen LogP contribution is -2.34. The van der Waals surface area contributed by atoms with Crippen molar-refractivity contribution in [1.82, 2.24) is 4.72 Å². The predicted molar refractivity (Wildman–Crippen MR) is 75.8 cm³/mol. The highest BCUT2D eigenvalue weighted by molar-refractivity contribution is 7.90. The van der Waals surface area contributed by atoms with E-state index in [0.717, 1.165) is 5.56 Å². The van der Waals surface area contributed by atoms with Crippen molar-refractivity contribution in [3.05, 3.63) is 60.2 Å². The Kier molecular flexibility index (Phi) is 4.05. The molecule has 6 heteroatoms. The van der Waals surface area contributed by atoms with Crippen molar-refractivity contribution in [3.8, 4) is 0 Å². The molecule has 0 aliphatic heterocycles. The van der Waals surface area contributed by atoms with Crippen LogP contribution in [0, 0.1) is 13.0 Å². The van der Waals surface area contributed by atoms with Gasteiger partial charge in [-0.2, -0.15) is 0 Å². The number of anilines is 1. The van der Waals surface area contributed by atoms with Gasteiger partial charge < -0.3 is 5.32 Å². The third-order valence-electron chi connectivity index (χ3n) is 2.52. The number of nitrogens with one attached hydrogen (secondary N) is 2. The van der Waals surface area contributed by atoms with Crippen LogP contribution in [0.5, 0.6) is 0 Å². The summed E-state index contributed by atoms with van der Waals surface area (Å²) in [7, 11) is -3.87. The summed E-state index contributed by atoms with van der Waals surface area (Å²) in [5, 5.41) is 2.42. The van der Waals surface area contributed by atoms with E-state index in [1.807, 2.05) is 11.6 Å². The van der Waals surface area contributed by atoms with Crippen molar-refractivity contribution in [1.29, 1.82) is 0 Å². The van der Waals surface area contributed by atoms with Gasteiger partial charge in [0.1, 0.15) is 0 Å². The van der Waals surface area contributed by atoms with Gasteiger partial charge in [0.05, 0.1) is 4.90 Å². The van der Waals surface area contributed by atoms with Crippen molar-refractivity contribution in [2.75, 3.05) is 5.32 Å². The first-order valence-corrected chi connectivity index (χ1v) is 7.32. The van der Waals surface area contributed by atoms with Crippen LogP contribution < -0.4 is 10.0 Å². The number of benzene rings is 2. The van der Waals surface area contributed by atoms with E-state index in [1.54, 1.807) is 30.3 Å². The van der Waals surface area contributed by atoms with Crippen molar-refractivity contribution < 1.29 is 13.2 Å². The molecule has 0 aliphatic carbocycles. The van der Waals surface area contributed by atoms with Crippen LogP contribution in [-0.2, 0) is 10.0 Å². The summed E-state index contributed by atoms with van der Waals surface area (Å²) in [6.07, 6.45) is 0. The molecule has 2 rings (SSSR count). The first-order valence-electron chi connectivity index (χ1n) is 5.84. The lowest BCUT2D eigenvalue weighted by atomic mass is 10.2. The number of urea groups is 1. The minimum atomic E-state index is -3.87. The highest BCUT2D eigenvalue weighted by atomic mass is 32.2. The van der Waals surface area contributed by atoms with Crippen LogP contribution in [0.2, 0.25) is 0 Å². The van der Waals surface area contributed by atoms with Gasteiger partial charge in [-0.05, 0) is 37.3 Å². The Morgan fingerprint density at radius 1 is 1.15 bits per heavy atom. The molecule has 0 saturated heterocycles. The molecular weight excluding hydrogens is 276 g/mol. The van der Waals surface area contributed by atoms with Crippen LogP contribution in [0.4, 0.5) is 10.5 Å². The molecule has 5 nitrogen and oxygen atoms in total. The minimum Gasteiger partial charge on any atom is -0.307 e. The van der Waals surface area contributed by atoms with Crippen molar-refractivity contribution in [2.24, 2.45) is 0 Å². The summed E-state index contributed by atoms with van der Waals surface area (Å²) in [5.41, 5.74) is 1.40. The Balaban J connectivity index is 2.08. The van der Waals surface area contributed by atoms with E-state index < -0.39 is 16.1 Å². The molecule has 0 unspecified atom stereocenters. The third kappa shape index (κ3) is 3.58. The number of rotatable bonds is 3. The SMILES string of the molecule is Cc1ccc(S(=O)(=O)NC(=O)Nc2c[c]ccc2)cc1. The van der Waals surface area contributed by atoms with E-state index in [2.05, 4.69) is 11.4 Å². The van der Waals surface area contributed by atoms with Crippen LogP contribution in [0.3, 0.4) is 0 Å². The van der Waals surface area contributed by atoms with Gasteiger partial charge in [-0.25, -0.2) is 17.9 Å². The average molecular weight is 289 g/mol. The van der Waals surface area contributed by atoms with E-state index >= 15 is 0 Å². The maximum Gasteiger partial charge on any atom is 0.333 e. The molecule has 2 N–H and O–H groups in total. The van der Waals surface area contributed by atoms with Crippen molar-refractivity contribution >= 4 is 21.7 Å². The maximum absolute atomic E-state index is 12.0. The van der Waals surface area contributed by atoms with Crippen LogP contribution in [-0.4, -0.2) is 14.4 Å². The van der Waals surface area contributed by atoms with Crippen molar-refractivity contribution in [3.63, 3.8) is 0 Å². The van der Waals surface area contributed by atoms with E-state index in [4.69, 9.17) is 0 Å². The lowest BCUT2D eigenvalue weighted by Gasteiger charge is -2.08. The lowest BCUT2D eigenvalue weighted by molar-refractivity contribution is 0.256. The molecule has 0 spiro atoms. The Hall–Kier alpha value is -2.34. The minimum absolute atomic E-state index is 0.0397. The molecule has 2 aromatic rings. The topological polar surface area (TPSA) is 75.3 Å². The monoisotopic (exact) mass is 289 g/mol. The molecule has 0 aromatic heterocycles. The number of hydrogen-bond acceptors (Lipinski definition) is 3. The fraction of sp³-hybridized carbons (Fsp3) is 0.0714. The van der Waals surface area contributed by atoms with Gasteiger partial charge in [-0.3, -0.25) is 0 Å². The molecule has 1 radical (unpaired) electrons. The first kappa shape index (κ1) is 14.1. The average Bonchev–Trinajstić information content (AvgIpc) is 2.39. The summed E-state index contributed by atoms with van der Waals surface area (Å²) in [6.45, 7) is 1.85. The third-order valence-corrected chi connectivity index (χ3v) is 3.87. The quantitative estimate of drug-likeness (QED) is 0.910. The Morgan fingerprint density at radius 2 is 1.85 bits per heavy atom. The normalized spacial score (nSPS) is 10.8. The van der Waals surface area contributed by atoms with Gasteiger partial charge >= 0.3 is 6.03 Å². The molecule has 0 bridgehead atoms. The molecule has 0 heterocycles. The number of carbonyl (C=O) groups excluding carboxylic acids is 1. The molecular formula is C14H13N2O3S. The maximum atomic E-state index is 12.0. The Bertz CT molecular complexity index is 695. The zero-order valence-electron chi connectivity index (χ0n) is 10.8. The summed E-state index contributed by atoms with van der Waals surface area (Å²) in [6, 6.07) is 14.7. The predicted octanol–water partition coefficient (Wildman–Crippen LogP) is 2.31. The molecule has 0 aliphatic rings. The number of sulfonamides is 1. The number of carbonyl (C=O) groups is 1. The second-order valence-corrected chi connectivity index (χ2v) is 5.85. The number of amides is 2. The van der Waals surface area contributed by atoms with Gasteiger partial charge in [-0.1, -0.05) is 29.8 Å². The van der Waals surface area contributed by atoms with E-state index in [0.29, 0.717) is 5.69 Å². The summed E-state index contributed by atoms with van der Waals surface area (Å²) >= 11 is 0. The van der Waals surface area contributed by atoms with Gasteiger partial charge in [0.2, 0.25) is 0 Å². The number of hydrogen-bond donors (Lipinski definition) is 2. The van der Waals surface area contributed by atoms with Gasteiger partial charge in [-0.15, -0.1) is 0 Å². The fourth-order valence-electron chi connectivity index (χ4n) is 1.53. The second kappa shape index (κ2) is 5.75. The van der Waals surface area contributed by atoms with Gasteiger partial charge in [0, 0.05) is 5.69 Å². The van der Waals surface area contributed by atoms with Crippen LogP contribution >= 0.6 is 0 Å². The van der Waals surface area contributed by atoms with E-state index in [-0.39, 0.29) is 4.90 Å². The van der Waals surface area contributed by atoms with Crippen molar-refractivity contribution in [2.45, 2.75) is 11.8 Å². The number of aryl methyl sites for hydroxylation is 1. The molecule has 0 fully saturated rings. The molecule has 0 saturated carbocycles. The molecule has 0 atom stereocenters. The zero-order valence-corrected chi connectivity index (χ0v) is 11.6. The first-order chi connectivity index (χ1) is 9.47. The van der Waals surface area contributed by atoms with Crippen LogP contribution in [0.15, 0.2) is 53.4 Å². The Labute approximate surface area is 117 Å². The van der Waals surface area contributed by atoms with E-state index in [9.17, 15) is 13.2 Å². The molecule has 103 valence electrons. The van der Waals surface area contributed by atoms with Crippen LogP contribution in [0.1, 0.15) is 5.56 Å². The second-order valence-electron chi connectivity index (χ2n) is 4.16.